The van der Waals surface area contributed by atoms with E-state index in [1.54, 1.807) is 7.11 Å². The van der Waals surface area contributed by atoms with E-state index in [9.17, 15) is 0 Å². The minimum Gasteiger partial charge on any atom is -0.340 e. The summed E-state index contributed by atoms with van der Waals surface area (Å²) < 4.78 is 0. The molecule has 2 rings (SSSR count). The van der Waals surface area contributed by atoms with Crippen LogP contribution in [0.2, 0.25) is 0 Å². The predicted molar refractivity (Wildman–Crippen MR) is 69.6 cm³/mol. The molecule has 78 valence electrons. The number of hydrogen-bond donors (Lipinski definition) is 2. The summed E-state index contributed by atoms with van der Waals surface area (Å²) in [4.78, 5) is 7.94. The Balaban J connectivity index is 0.000000845. The van der Waals surface area contributed by atoms with Gasteiger partial charge in [0.2, 0.25) is 0 Å². The van der Waals surface area contributed by atoms with Gasteiger partial charge in [0.15, 0.2) is 0 Å². The molecule has 0 amide bonds. The van der Waals surface area contributed by atoms with Gasteiger partial charge in [-0.05, 0) is 12.1 Å². The molecule has 1 aromatic heterocycles. The Morgan fingerprint density at radius 3 is 2.57 bits per heavy atom. The van der Waals surface area contributed by atoms with Crippen molar-refractivity contribution in [1.29, 1.82) is 0 Å². The van der Waals surface area contributed by atoms with Gasteiger partial charge in [0.05, 0.1) is 7.11 Å². The number of aromatic nitrogens is 1. The van der Waals surface area contributed by atoms with E-state index in [4.69, 9.17) is 4.84 Å². The van der Waals surface area contributed by atoms with E-state index in [0.29, 0.717) is 0 Å². The Morgan fingerprint density at radius 2 is 1.93 bits per heavy atom. The number of hydrogen-bond acceptors (Lipinski definition) is 2. The van der Waals surface area contributed by atoms with Gasteiger partial charge in [-0.25, -0.2) is 0 Å². The topological polar surface area (TPSA) is 37.0 Å². The summed E-state index contributed by atoms with van der Waals surface area (Å²) in [5.41, 5.74) is 3.85. The van der Waals surface area contributed by atoms with Crippen molar-refractivity contribution in [3.63, 3.8) is 0 Å². The molecule has 3 nitrogen and oxygen atoms in total. The van der Waals surface area contributed by atoms with Crippen molar-refractivity contribution in [2.75, 3.05) is 12.6 Å². The van der Waals surface area contributed by atoms with Gasteiger partial charge in [-0.2, -0.15) is 0 Å². The highest BCUT2D eigenvalue weighted by Crippen LogP contribution is 2.17. The minimum atomic E-state index is 0. The van der Waals surface area contributed by atoms with E-state index in [1.165, 1.54) is 5.39 Å². The molecule has 0 unspecified atom stereocenters. The van der Waals surface area contributed by atoms with Crippen LogP contribution >= 0.6 is 34.0 Å². The lowest BCUT2D eigenvalue weighted by molar-refractivity contribution is 0.269. The van der Waals surface area contributed by atoms with Crippen LogP contribution in [0.1, 0.15) is 0 Å². The summed E-state index contributed by atoms with van der Waals surface area (Å²) >= 11 is 0. The van der Waals surface area contributed by atoms with Crippen LogP contribution in [0.4, 0.5) is 5.82 Å². The van der Waals surface area contributed by atoms with Crippen LogP contribution in [-0.4, -0.2) is 12.1 Å². The molecule has 0 bridgehead atoms. The molecule has 1 heterocycles. The molecule has 0 fully saturated rings. The summed E-state index contributed by atoms with van der Waals surface area (Å²) in [6.07, 6.45) is 0. The number of aromatic amines is 1. The molecule has 5 heteroatoms. The molecule has 0 spiro atoms. The van der Waals surface area contributed by atoms with E-state index in [2.05, 4.69) is 10.5 Å². The van der Waals surface area contributed by atoms with Crippen molar-refractivity contribution in [3.05, 3.63) is 30.3 Å². The van der Waals surface area contributed by atoms with Gasteiger partial charge < -0.3 is 4.98 Å². The first-order valence-electron chi connectivity index (χ1n) is 3.77. The molecular weight excluding hydrogens is 312 g/mol. The highest BCUT2D eigenvalue weighted by molar-refractivity contribution is 8.93. The average Bonchev–Trinajstić information content (AvgIpc) is 2.47. The Hall–Kier alpha value is -0.520. The van der Waals surface area contributed by atoms with Crippen LogP contribution in [-0.2, 0) is 4.84 Å². The number of rotatable bonds is 2. The van der Waals surface area contributed by atoms with Crippen LogP contribution in [0.15, 0.2) is 30.3 Å². The molecule has 0 aliphatic rings. The second kappa shape index (κ2) is 6.06. The maximum atomic E-state index is 4.78. The smallest absolute Gasteiger partial charge is 0.128 e. The lowest BCUT2D eigenvalue weighted by Crippen LogP contribution is -1.94. The first kappa shape index (κ1) is 13.5. The summed E-state index contributed by atoms with van der Waals surface area (Å²) in [5.74, 6) is 0.874. The SMILES string of the molecule is Br.Br.CONc1cc2ccccc2[nH]1. The quantitative estimate of drug-likeness (QED) is 0.832. The normalized spacial score (nSPS) is 8.93. The molecular formula is C9H12Br2N2O. The molecule has 14 heavy (non-hydrogen) atoms. The second-order valence-electron chi connectivity index (χ2n) is 2.58. The zero-order chi connectivity index (χ0) is 8.39. The number of fused-ring (bicyclic) bond motifs is 1. The zero-order valence-corrected chi connectivity index (χ0v) is 11.0. The summed E-state index contributed by atoms with van der Waals surface area (Å²) in [6.45, 7) is 0. The van der Waals surface area contributed by atoms with Gasteiger partial charge in [-0.15, -0.1) is 34.0 Å². The van der Waals surface area contributed by atoms with Gasteiger partial charge in [-0.3, -0.25) is 10.3 Å². The molecule has 0 aliphatic carbocycles. The number of halogens is 2. The minimum absolute atomic E-state index is 0. The van der Waals surface area contributed by atoms with Crippen LogP contribution < -0.4 is 5.48 Å². The number of para-hydroxylation sites is 1. The first-order chi connectivity index (χ1) is 5.90. The molecule has 1 aromatic carbocycles. The van der Waals surface area contributed by atoms with E-state index in [1.807, 2.05) is 30.3 Å². The third kappa shape index (κ3) is 2.73. The molecule has 0 saturated heterocycles. The highest BCUT2D eigenvalue weighted by atomic mass is 79.9. The molecule has 0 radical (unpaired) electrons. The fourth-order valence-electron chi connectivity index (χ4n) is 1.24. The number of H-pyrrole nitrogens is 1. The Kier molecular flexibility index (Phi) is 5.83. The standard InChI is InChI=1S/C9H10N2O.2BrH/c1-12-11-9-6-7-4-2-3-5-8(7)10-9;;/h2-6,10-11H,1H3;2*1H. The van der Waals surface area contributed by atoms with Crippen molar-refractivity contribution in [3.8, 4) is 0 Å². The number of anilines is 1. The average molecular weight is 324 g/mol. The maximum absolute atomic E-state index is 4.78. The molecule has 2 N–H and O–H groups in total. The molecule has 0 atom stereocenters. The van der Waals surface area contributed by atoms with Crippen LogP contribution in [0.3, 0.4) is 0 Å². The summed E-state index contributed by atoms with van der Waals surface area (Å²) in [6, 6.07) is 10.1. The summed E-state index contributed by atoms with van der Waals surface area (Å²) in [5, 5.41) is 1.18. The van der Waals surface area contributed by atoms with Gasteiger partial charge in [0, 0.05) is 10.9 Å². The zero-order valence-electron chi connectivity index (χ0n) is 7.61. The van der Waals surface area contributed by atoms with E-state index >= 15 is 0 Å². The molecule has 2 aromatic rings. The Labute approximate surface area is 103 Å². The van der Waals surface area contributed by atoms with Crippen molar-refractivity contribution in [1.82, 2.24) is 4.98 Å². The number of nitrogens with one attached hydrogen (secondary N) is 2. The van der Waals surface area contributed by atoms with E-state index < -0.39 is 0 Å². The van der Waals surface area contributed by atoms with Gasteiger partial charge >= 0.3 is 0 Å². The Bertz CT molecular complexity index is 356. The van der Waals surface area contributed by atoms with Gasteiger partial charge in [0.1, 0.15) is 5.82 Å². The third-order valence-electron chi connectivity index (χ3n) is 1.74. The summed E-state index contributed by atoms with van der Waals surface area (Å²) in [7, 11) is 1.59. The van der Waals surface area contributed by atoms with E-state index in [0.717, 1.165) is 11.3 Å². The van der Waals surface area contributed by atoms with E-state index in [-0.39, 0.29) is 34.0 Å². The largest absolute Gasteiger partial charge is 0.340 e. The molecule has 0 saturated carbocycles. The fourth-order valence-corrected chi connectivity index (χ4v) is 1.24. The van der Waals surface area contributed by atoms with Crippen molar-refractivity contribution < 1.29 is 4.84 Å². The van der Waals surface area contributed by atoms with Crippen molar-refractivity contribution in [2.45, 2.75) is 0 Å². The second-order valence-corrected chi connectivity index (χ2v) is 2.58. The van der Waals surface area contributed by atoms with Crippen LogP contribution in [0, 0.1) is 0 Å². The van der Waals surface area contributed by atoms with Gasteiger partial charge in [0.25, 0.3) is 0 Å². The van der Waals surface area contributed by atoms with Crippen molar-refractivity contribution in [2.24, 2.45) is 0 Å². The Morgan fingerprint density at radius 1 is 1.21 bits per heavy atom. The number of benzene rings is 1. The fraction of sp³-hybridized carbons (Fsp3) is 0.111. The van der Waals surface area contributed by atoms with Crippen LogP contribution in [0.5, 0.6) is 0 Å². The van der Waals surface area contributed by atoms with Crippen molar-refractivity contribution >= 4 is 50.7 Å². The first-order valence-corrected chi connectivity index (χ1v) is 3.77. The lowest BCUT2D eigenvalue weighted by atomic mass is 10.3. The lowest BCUT2D eigenvalue weighted by Gasteiger charge is -1.95. The third-order valence-corrected chi connectivity index (χ3v) is 1.74. The van der Waals surface area contributed by atoms with Crippen LogP contribution in [0.25, 0.3) is 10.9 Å². The monoisotopic (exact) mass is 322 g/mol. The molecule has 0 aliphatic heterocycles. The highest BCUT2D eigenvalue weighted by Gasteiger charge is 1.96. The van der Waals surface area contributed by atoms with Gasteiger partial charge in [-0.1, -0.05) is 18.2 Å². The maximum Gasteiger partial charge on any atom is 0.128 e. The predicted octanol–water partition coefficient (Wildman–Crippen LogP) is 3.30.